The number of benzene rings is 1. The van der Waals surface area contributed by atoms with Crippen molar-refractivity contribution in [1.29, 1.82) is 0 Å². The fraction of sp³-hybridized carbons (Fsp3) is 0.231. The zero-order chi connectivity index (χ0) is 15.2. The molecule has 0 bridgehead atoms. The summed E-state index contributed by atoms with van der Waals surface area (Å²) in [5, 5.41) is 2.08. The van der Waals surface area contributed by atoms with E-state index in [9.17, 15) is 8.42 Å². The van der Waals surface area contributed by atoms with Crippen molar-refractivity contribution >= 4 is 50.2 Å². The largest absolute Gasteiger partial charge is 0.399 e. The number of sulfonamides is 1. The summed E-state index contributed by atoms with van der Waals surface area (Å²) in [5.41, 5.74) is 7.00. The van der Waals surface area contributed by atoms with E-state index in [1.165, 1.54) is 21.3 Å². The number of nitrogen functional groups attached to an aromatic ring is 1. The van der Waals surface area contributed by atoms with Crippen LogP contribution < -0.4 is 5.73 Å². The van der Waals surface area contributed by atoms with E-state index in [4.69, 9.17) is 28.9 Å². The van der Waals surface area contributed by atoms with Gasteiger partial charge in [-0.3, -0.25) is 0 Å². The number of fused-ring (bicyclic) bond motifs is 1. The van der Waals surface area contributed by atoms with E-state index in [0.29, 0.717) is 25.2 Å². The Balaban J connectivity index is 2.03. The lowest BCUT2D eigenvalue weighted by Gasteiger charge is -2.27. The summed E-state index contributed by atoms with van der Waals surface area (Å²) in [6, 6.07) is 4.76. The highest BCUT2D eigenvalue weighted by molar-refractivity contribution is 7.89. The number of nitrogens with two attached hydrogens (primary N) is 1. The summed E-state index contributed by atoms with van der Waals surface area (Å²) in [6.07, 6.45) is 0.705. The Hall–Kier alpha value is -0.790. The predicted molar refractivity (Wildman–Crippen MR) is 86.5 cm³/mol. The Morgan fingerprint density at radius 3 is 2.57 bits per heavy atom. The molecule has 2 N–H and O–H groups in total. The van der Waals surface area contributed by atoms with Gasteiger partial charge in [-0.2, -0.15) is 4.31 Å². The Labute approximate surface area is 137 Å². The van der Waals surface area contributed by atoms with Crippen LogP contribution in [0.15, 0.2) is 28.5 Å². The van der Waals surface area contributed by atoms with Crippen LogP contribution in [0.4, 0.5) is 5.69 Å². The van der Waals surface area contributed by atoms with E-state index in [-0.39, 0.29) is 14.9 Å². The van der Waals surface area contributed by atoms with E-state index in [1.807, 2.05) is 11.4 Å². The third-order valence-electron chi connectivity index (χ3n) is 3.39. The minimum atomic E-state index is -3.74. The molecule has 4 nitrogen and oxygen atoms in total. The Morgan fingerprint density at radius 2 is 1.90 bits per heavy atom. The summed E-state index contributed by atoms with van der Waals surface area (Å²) in [4.78, 5) is 1.16. The Bertz CT molecular complexity index is 779. The average molecular weight is 363 g/mol. The number of hydrogen-bond donors (Lipinski definition) is 1. The minimum Gasteiger partial charge on any atom is -0.399 e. The van der Waals surface area contributed by atoms with Crippen LogP contribution in [0.3, 0.4) is 0 Å². The van der Waals surface area contributed by atoms with Crippen molar-refractivity contribution < 1.29 is 8.42 Å². The van der Waals surface area contributed by atoms with Crippen LogP contribution in [0.1, 0.15) is 10.4 Å². The lowest BCUT2D eigenvalue weighted by atomic mass is 10.1. The molecule has 8 heteroatoms. The maximum absolute atomic E-state index is 12.8. The summed E-state index contributed by atoms with van der Waals surface area (Å²) >= 11 is 13.8. The van der Waals surface area contributed by atoms with Crippen molar-refractivity contribution in [3.05, 3.63) is 44.1 Å². The summed E-state index contributed by atoms with van der Waals surface area (Å²) in [7, 11) is -3.74. The van der Waals surface area contributed by atoms with Gasteiger partial charge in [0.1, 0.15) is 4.90 Å². The lowest BCUT2D eigenvalue weighted by Crippen LogP contribution is -2.35. The second-order valence-electron chi connectivity index (χ2n) is 4.77. The van der Waals surface area contributed by atoms with Gasteiger partial charge in [-0.1, -0.05) is 23.2 Å². The van der Waals surface area contributed by atoms with Gasteiger partial charge >= 0.3 is 0 Å². The number of thiophene rings is 1. The molecule has 21 heavy (non-hydrogen) atoms. The standard InChI is InChI=1S/C13H12Cl2N2O2S2/c14-10-5-9(16)6-11(15)13(10)21(18,19)17-3-1-12-8(7-17)2-4-20-12/h2,4-6H,1,3,7,16H2. The number of rotatable bonds is 2. The normalized spacial score (nSPS) is 15.9. The van der Waals surface area contributed by atoms with Gasteiger partial charge in [0.2, 0.25) is 10.0 Å². The first-order valence-electron chi connectivity index (χ1n) is 6.19. The number of halogens is 2. The molecule has 0 unspecified atom stereocenters. The monoisotopic (exact) mass is 362 g/mol. The van der Waals surface area contributed by atoms with Crippen molar-refractivity contribution in [1.82, 2.24) is 4.31 Å². The molecule has 1 aliphatic rings. The van der Waals surface area contributed by atoms with Crippen LogP contribution >= 0.6 is 34.5 Å². The third kappa shape index (κ3) is 2.66. The van der Waals surface area contributed by atoms with Crippen molar-refractivity contribution in [2.24, 2.45) is 0 Å². The second kappa shape index (κ2) is 5.44. The van der Waals surface area contributed by atoms with Crippen LogP contribution in [0.2, 0.25) is 10.0 Å². The fourth-order valence-corrected chi connectivity index (χ4v) is 5.87. The topological polar surface area (TPSA) is 63.4 Å². The summed E-state index contributed by atoms with van der Waals surface area (Å²) < 4.78 is 27.0. The number of hydrogen-bond acceptors (Lipinski definition) is 4. The molecule has 1 aromatic carbocycles. The third-order valence-corrected chi connectivity index (χ3v) is 7.18. The highest BCUT2D eigenvalue weighted by Crippen LogP contribution is 2.36. The van der Waals surface area contributed by atoms with Gasteiger partial charge in [0.05, 0.1) is 10.0 Å². The second-order valence-corrected chi connectivity index (χ2v) is 8.46. The molecular formula is C13H12Cl2N2O2S2. The fourth-order valence-electron chi connectivity index (χ4n) is 2.38. The molecule has 0 saturated heterocycles. The van der Waals surface area contributed by atoms with Crippen molar-refractivity contribution in [3.8, 4) is 0 Å². The highest BCUT2D eigenvalue weighted by Gasteiger charge is 2.32. The minimum absolute atomic E-state index is 0.0520. The van der Waals surface area contributed by atoms with Crippen LogP contribution in [0.25, 0.3) is 0 Å². The van der Waals surface area contributed by atoms with E-state index < -0.39 is 10.0 Å². The molecule has 0 spiro atoms. The van der Waals surface area contributed by atoms with E-state index in [0.717, 1.165) is 5.56 Å². The molecule has 0 saturated carbocycles. The molecule has 0 radical (unpaired) electrons. The Kier molecular flexibility index (Phi) is 3.92. The van der Waals surface area contributed by atoms with Gasteiger partial charge in [-0.15, -0.1) is 11.3 Å². The lowest BCUT2D eigenvalue weighted by molar-refractivity contribution is 0.394. The van der Waals surface area contributed by atoms with Crippen LogP contribution in [0.5, 0.6) is 0 Å². The average Bonchev–Trinajstić information content (AvgIpc) is 2.83. The molecule has 0 fully saturated rings. The SMILES string of the molecule is Nc1cc(Cl)c(S(=O)(=O)N2CCc3sccc3C2)c(Cl)c1. The zero-order valence-corrected chi connectivity index (χ0v) is 14.0. The first-order chi connectivity index (χ1) is 9.89. The van der Waals surface area contributed by atoms with Gasteiger partial charge in [0.15, 0.2) is 0 Å². The van der Waals surface area contributed by atoms with E-state index >= 15 is 0 Å². The van der Waals surface area contributed by atoms with E-state index in [1.54, 1.807) is 11.3 Å². The van der Waals surface area contributed by atoms with E-state index in [2.05, 4.69) is 0 Å². The molecule has 1 aromatic heterocycles. The van der Waals surface area contributed by atoms with Gasteiger partial charge in [0, 0.05) is 23.7 Å². The van der Waals surface area contributed by atoms with Gasteiger partial charge in [0.25, 0.3) is 0 Å². The molecule has 0 atom stereocenters. The number of nitrogens with zero attached hydrogens (tertiary/aromatic N) is 1. The quantitative estimate of drug-likeness (QED) is 0.832. The maximum Gasteiger partial charge on any atom is 0.246 e. The zero-order valence-electron chi connectivity index (χ0n) is 10.8. The maximum atomic E-state index is 12.8. The Morgan fingerprint density at radius 1 is 1.24 bits per heavy atom. The summed E-state index contributed by atoms with van der Waals surface area (Å²) in [6.45, 7) is 0.769. The first-order valence-corrected chi connectivity index (χ1v) is 9.27. The molecule has 0 amide bonds. The smallest absolute Gasteiger partial charge is 0.246 e. The van der Waals surface area contributed by atoms with Gasteiger partial charge in [-0.25, -0.2) is 8.42 Å². The highest BCUT2D eigenvalue weighted by atomic mass is 35.5. The molecule has 112 valence electrons. The van der Waals surface area contributed by atoms with Crippen LogP contribution in [-0.4, -0.2) is 19.3 Å². The molecule has 3 rings (SSSR count). The molecule has 2 aromatic rings. The van der Waals surface area contributed by atoms with Crippen LogP contribution in [-0.2, 0) is 23.0 Å². The first kappa shape index (κ1) is 15.1. The van der Waals surface area contributed by atoms with Crippen molar-refractivity contribution in [2.45, 2.75) is 17.9 Å². The molecule has 1 aliphatic heterocycles. The molecule has 0 aliphatic carbocycles. The summed E-state index contributed by atoms with van der Waals surface area (Å²) in [5.74, 6) is 0. The van der Waals surface area contributed by atoms with Gasteiger partial charge < -0.3 is 5.73 Å². The van der Waals surface area contributed by atoms with Crippen LogP contribution in [0, 0.1) is 0 Å². The molecular weight excluding hydrogens is 351 g/mol. The van der Waals surface area contributed by atoms with Crippen molar-refractivity contribution in [2.75, 3.05) is 12.3 Å². The van der Waals surface area contributed by atoms with Crippen molar-refractivity contribution in [3.63, 3.8) is 0 Å². The number of anilines is 1. The predicted octanol–water partition coefficient (Wildman–Crippen LogP) is 3.38. The molecule has 2 heterocycles. The van der Waals surface area contributed by atoms with Gasteiger partial charge in [-0.05, 0) is 35.6 Å².